The lowest BCUT2D eigenvalue weighted by Gasteiger charge is -2.40. The Balaban J connectivity index is 1.79. The van der Waals surface area contributed by atoms with Crippen LogP contribution in [-0.4, -0.2) is 37.0 Å². The van der Waals surface area contributed by atoms with Crippen molar-refractivity contribution in [3.63, 3.8) is 0 Å². The van der Waals surface area contributed by atoms with Crippen LogP contribution in [0.4, 0.5) is 0 Å². The fourth-order valence-corrected chi connectivity index (χ4v) is 3.73. The molecule has 0 radical (unpaired) electrons. The molecule has 0 aromatic heterocycles. The molecule has 0 saturated carbocycles. The molecule has 1 aromatic rings. The number of piperidine rings is 1. The van der Waals surface area contributed by atoms with Crippen LogP contribution in [0.1, 0.15) is 42.1 Å². The normalized spacial score (nSPS) is 26.1. The number of nitrogens with zero attached hydrogens (tertiary/aromatic N) is 1. The molecular weight excluding hydrogens is 248 g/mol. The summed E-state index contributed by atoms with van der Waals surface area (Å²) in [6.45, 7) is 6.14. The first-order chi connectivity index (χ1) is 9.74. The van der Waals surface area contributed by atoms with E-state index in [9.17, 15) is 4.79 Å². The van der Waals surface area contributed by atoms with Gasteiger partial charge in [-0.2, -0.15) is 0 Å². The highest BCUT2D eigenvalue weighted by Gasteiger charge is 2.39. The summed E-state index contributed by atoms with van der Waals surface area (Å²) in [6, 6.07) is 8.05. The second-order valence-corrected chi connectivity index (χ2v) is 6.27. The van der Waals surface area contributed by atoms with Crippen LogP contribution in [0.15, 0.2) is 24.3 Å². The molecule has 2 heterocycles. The molecule has 2 aliphatic heterocycles. The minimum Gasteiger partial charge on any atom is -0.338 e. The summed E-state index contributed by atoms with van der Waals surface area (Å²) in [5.74, 6) is 0.230. The largest absolute Gasteiger partial charge is 0.338 e. The predicted molar refractivity (Wildman–Crippen MR) is 80.9 cm³/mol. The number of carbonyl (C=O) groups excluding carboxylic acids is 1. The maximum atomic E-state index is 12.8. The minimum atomic E-state index is 0.230. The van der Waals surface area contributed by atoms with Crippen LogP contribution in [-0.2, 0) is 6.42 Å². The summed E-state index contributed by atoms with van der Waals surface area (Å²) in [4.78, 5) is 14.9. The van der Waals surface area contributed by atoms with Gasteiger partial charge < -0.3 is 10.2 Å². The number of nitrogens with one attached hydrogen (secondary N) is 1. The van der Waals surface area contributed by atoms with E-state index in [0.717, 1.165) is 44.6 Å². The Morgan fingerprint density at radius 2 is 2.20 bits per heavy atom. The molecule has 1 amide bonds. The van der Waals surface area contributed by atoms with Crippen LogP contribution in [0.5, 0.6) is 0 Å². The SMILES string of the molecule is CCc1ccccc1C(=O)N1CCCC2(CCNC2)C1. The summed E-state index contributed by atoms with van der Waals surface area (Å²) in [7, 11) is 0. The van der Waals surface area contributed by atoms with E-state index >= 15 is 0 Å². The molecule has 3 heteroatoms. The van der Waals surface area contributed by atoms with Crippen molar-refractivity contribution in [2.45, 2.75) is 32.6 Å². The van der Waals surface area contributed by atoms with Gasteiger partial charge in [-0.15, -0.1) is 0 Å². The van der Waals surface area contributed by atoms with Gasteiger partial charge in [-0.1, -0.05) is 25.1 Å². The average Bonchev–Trinajstić information content (AvgIpc) is 2.94. The number of amides is 1. The Kier molecular flexibility index (Phi) is 3.79. The molecule has 1 spiro atoms. The number of hydrogen-bond acceptors (Lipinski definition) is 2. The summed E-state index contributed by atoms with van der Waals surface area (Å²) in [5.41, 5.74) is 2.41. The molecular formula is C17H24N2O. The number of carbonyl (C=O) groups is 1. The van der Waals surface area contributed by atoms with Crippen LogP contribution in [0.25, 0.3) is 0 Å². The van der Waals surface area contributed by atoms with Crippen molar-refractivity contribution in [2.75, 3.05) is 26.2 Å². The van der Waals surface area contributed by atoms with Crippen molar-refractivity contribution in [1.82, 2.24) is 10.2 Å². The van der Waals surface area contributed by atoms with Gasteiger partial charge in [0.2, 0.25) is 0 Å². The molecule has 0 bridgehead atoms. The van der Waals surface area contributed by atoms with Crippen molar-refractivity contribution >= 4 is 5.91 Å². The summed E-state index contributed by atoms with van der Waals surface area (Å²) < 4.78 is 0. The van der Waals surface area contributed by atoms with E-state index in [2.05, 4.69) is 23.2 Å². The van der Waals surface area contributed by atoms with E-state index < -0.39 is 0 Å². The smallest absolute Gasteiger partial charge is 0.254 e. The van der Waals surface area contributed by atoms with Crippen LogP contribution in [0.3, 0.4) is 0 Å². The van der Waals surface area contributed by atoms with Gasteiger partial charge >= 0.3 is 0 Å². The highest BCUT2D eigenvalue weighted by Crippen LogP contribution is 2.36. The molecule has 1 aromatic carbocycles. The van der Waals surface area contributed by atoms with Crippen LogP contribution >= 0.6 is 0 Å². The minimum absolute atomic E-state index is 0.230. The van der Waals surface area contributed by atoms with Crippen LogP contribution < -0.4 is 5.32 Å². The van der Waals surface area contributed by atoms with Crippen molar-refractivity contribution in [2.24, 2.45) is 5.41 Å². The summed E-state index contributed by atoms with van der Waals surface area (Å²) in [5, 5.41) is 3.47. The van der Waals surface area contributed by atoms with Gasteiger partial charge in [-0.25, -0.2) is 0 Å². The monoisotopic (exact) mass is 272 g/mol. The van der Waals surface area contributed by atoms with Gasteiger partial charge in [0.05, 0.1) is 0 Å². The second-order valence-electron chi connectivity index (χ2n) is 6.27. The first kappa shape index (κ1) is 13.6. The van der Waals surface area contributed by atoms with E-state index in [1.165, 1.54) is 18.4 Å². The first-order valence-electron chi connectivity index (χ1n) is 7.82. The maximum absolute atomic E-state index is 12.8. The number of rotatable bonds is 2. The van der Waals surface area contributed by atoms with Gasteiger partial charge in [0.1, 0.15) is 0 Å². The lowest BCUT2D eigenvalue weighted by Crippen LogP contribution is -2.47. The fourth-order valence-electron chi connectivity index (χ4n) is 3.73. The van der Waals surface area contributed by atoms with Gasteiger partial charge in [0.15, 0.2) is 0 Å². The van der Waals surface area contributed by atoms with Crippen molar-refractivity contribution in [1.29, 1.82) is 0 Å². The zero-order valence-corrected chi connectivity index (χ0v) is 12.3. The lowest BCUT2D eigenvalue weighted by molar-refractivity contribution is 0.0552. The van der Waals surface area contributed by atoms with Gasteiger partial charge in [0, 0.05) is 30.6 Å². The molecule has 3 rings (SSSR count). The Bertz CT molecular complexity index is 492. The summed E-state index contributed by atoms with van der Waals surface area (Å²) >= 11 is 0. The maximum Gasteiger partial charge on any atom is 0.254 e. The lowest BCUT2D eigenvalue weighted by atomic mass is 9.79. The molecule has 2 fully saturated rings. The standard InChI is InChI=1S/C17H24N2O/c1-2-14-6-3-4-7-15(14)16(20)19-11-5-8-17(13-19)9-10-18-12-17/h3-4,6-7,18H,2,5,8-13H2,1H3. The van der Waals surface area contributed by atoms with Crippen molar-refractivity contribution < 1.29 is 4.79 Å². The molecule has 3 nitrogen and oxygen atoms in total. The average molecular weight is 272 g/mol. The van der Waals surface area contributed by atoms with E-state index in [1.54, 1.807) is 0 Å². The zero-order valence-electron chi connectivity index (χ0n) is 12.3. The third-order valence-corrected chi connectivity index (χ3v) is 4.91. The molecule has 2 aliphatic rings. The molecule has 1 N–H and O–H groups in total. The number of aryl methyl sites for hydroxylation is 1. The van der Waals surface area contributed by atoms with Crippen molar-refractivity contribution in [3.05, 3.63) is 35.4 Å². The molecule has 20 heavy (non-hydrogen) atoms. The van der Waals surface area contributed by atoms with E-state index in [-0.39, 0.29) is 5.91 Å². The molecule has 108 valence electrons. The first-order valence-corrected chi connectivity index (χ1v) is 7.82. The van der Waals surface area contributed by atoms with Crippen LogP contribution in [0, 0.1) is 5.41 Å². The number of hydrogen-bond donors (Lipinski definition) is 1. The third kappa shape index (κ3) is 2.47. The Morgan fingerprint density at radius 3 is 2.95 bits per heavy atom. The highest BCUT2D eigenvalue weighted by atomic mass is 16.2. The Hall–Kier alpha value is -1.35. The van der Waals surface area contributed by atoms with E-state index in [1.807, 2.05) is 18.2 Å². The quantitative estimate of drug-likeness (QED) is 0.897. The Morgan fingerprint density at radius 1 is 1.35 bits per heavy atom. The number of benzene rings is 1. The molecule has 1 atom stereocenters. The second kappa shape index (κ2) is 5.57. The number of likely N-dealkylation sites (tertiary alicyclic amines) is 1. The van der Waals surface area contributed by atoms with E-state index in [4.69, 9.17) is 0 Å². The third-order valence-electron chi connectivity index (χ3n) is 4.91. The van der Waals surface area contributed by atoms with Gasteiger partial charge in [-0.3, -0.25) is 4.79 Å². The topological polar surface area (TPSA) is 32.3 Å². The molecule has 0 aliphatic carbocycles. The van der Waals surface area contributed by atoms with Crippen LogP contribution in [0.2, 0.25) is 0 Å². The van der Waals surface area contributed by atoms with Gasteiger partial charge in [0.25, 0.3) is 5.91 Å². The predicted octanol–water partition coefficient (Wildman–Crippen LogP) is 2.46. The van der Waals surface area contributed by atoms with E-state index in [0.29, 0.717) is 5.41 Å². The Labute approximate surface area is 121 Å². The van der Waals surface area contributed by atoms with Crippen molar-refractivity contribution in [3.8, 4) is 0 Å². The molecule has 2 saturated heterocycles. The zero-order chi connectivity index (χ0) is 14.0. The highest BCUT2D eigenvalue weighted by molar-refractivity contribution is 5.95. The molecule has 1 unspecified atom stereocenters. The van der Waals surface area contributed by atoms with Gasteiger partial charge in [-0.05, 0) is 43.9 Å². The summed E-state index contributed by atoms with van der Waals surface area (Å²) in [6.07, 6.45) is 4.54. The fraction of sp³-hybridized carbons (Fsp3) is 0.588.